The minimum atomic E-state index is -4.60. The van der Waals surface area contributed by atoms with Crippen LogP contribution in [-0.2, 0) is 21.2 Å². The number of carbonyl (C=O) groups is 1. The first-order valence-corrected chi connectivity index (χ1v) is 10.1. The average molecular weight is 411 g/mol. The van der Waals surface area contributed by atoms with Crippen LogP contribution in [0.1, 0.15) is 26.3 Å². The molecule has 0 fully saturated rings. The number of alkyl halides is 2. The van der Waals surface area contributed by atoms with E-state index in [2.05, 4.69) is 0 Å². The van der Waals surface area contributed by atoms with E-state index >= 15 is 0 Å². The van der Waals surface area contributed by atoms with E-state index in [1.54, 1.807) is 36.2 Å². The monoisotopic (exact) mass is 411 g/mol. The Kier molecular flexibility index (Phi) is 6.44. The summed E-state index contributed by atoms with van der Waals surface area (Å²) in [6.45, 7) is 5.69. The van der Waals surface area contributed by atoms with Crippen LogP contribution < -0.4 is 9.64 Å². The van der Waals surface area contributed by atoms with Crippen LogP contribution in [0.4, 0.5) is 14.5 Å². The lowest BCUT2D eigenvalue weighted by Gasteiger charge is -2.26. The smallest absolute Gasteiger partial charge is 0.341 e. The third-order valence-electron chi connectivity index (χ3n) is 4.06. The lowest BCUT2D eigenvalue weighted by molar-refractivity contribution is -0.125. The topological polar surface area (TPSA) is 63.7 Å². The Morgan fingerprint density at radius 2 is 1.57 bits per heavy atom. The van der Waals surface area contributed by atoms with Gasteiger partial charge in [0.05, 0.1) is 4.90 Å². The van der Waals surface area contributed by atoms with Gasteiger partial charge >= 0.3 is 5.76 Å². The summed E-state index contributed by atoms with van der Waals surface area (Å²) in [7, 11) is -2.89. The fraction of sp³-hybridized carbons (Fsp3) is 0.350. The molecule has 0 aliphatic carbocycles. The molecule has 152 valence electrons. The second kappa shape index (κ2) is 8.26. The summed E-state index contributed by atoms with van der Waals surface area (Å²) in [5, 5.41) is 0. The molecular weight excluding hydrogens is 388 g/mol. The van der Waals surface area contributed by atoms with Crippen LogP contribution in [0, 0.1) is 5.41 Å². The molecule has 0 aromatic heterocycles. The molecule has 5 nitrogen and oxygen atoms in total. The van der Waals surface area contributed by atoms with Gasteiger partial charge < -0.3 is 9.64 Å². The second-order valence-electron chi connectivity index (χ2n) is 7.35. The van der Waals surface area contributed by atoms with Crippen LogP contribution in [0.25, 0.3) is 0 Å². The molecule has 0 spiro atoms. The maximum absolute atomic E-state index is 12.5. The number of hydrogen-bond donors (Lipinski definition) is 0. The fourth-order valence-electron chi connectivity index (χ4n) is 2.43. The predicted molar refractivity (Wildman–Crippen MR) is 103 cm³/mol. The molecule has 0 unspecified atom stereocenters. The van der Waals surface area contributed by atoms with Gasteiger partial charge in [-0.2, -0.15) is 8.78 Å². The van der Waals surface area contributed by atoms with Crippen LogP contribution in [0.2, 0.25) is 0 Å². The number of amides is 1. The van der Waals surface area contributed by atoms with Crippen molar-refractivity contribution >= 4 is 21.4 Å². The van der Waals surface area contributed by atoms with E-state index in [1.807, 2.05) is 20.8 Å². The highest BCUT2D eigenvalue weighted by atomic mass is 32.2. The van der Waals surface area contributed by atoms with Crippen molar-refractivity contribution in [1.29, 1.82) is 0 Å². The van der Waals surface area contributed by atoms with Gasteiger partial charge in [-0.15, -0.1) is 0 Å². The van der Waals surface area contributed by atoms with Crippen LogP contribution >= 0.6 is 0 Å². The molecule has 0 aliphatic heterocycles. The van der Waals surface area contributed by atoms with Crippen molar-refractivity contribution in [3.63, 3.8) is 0 Å². The van der Waals surface area contributed by atoms with Gasteiger partial charge in [0.2, 0.25) is 15.7 Å². The van der Waals surface area contributed by atoms with Gasteiger partial charge in [0.25, 0.3) is 0 Å². The zero-order valence-electron chi connectivity index (χ0n) is 16.1. The number of rotatable bonds is 6. The number of ether oxygens (including phenoxy) is 1. The van der Waals surface area contributed by atoms with E-state index in [-0.39, 0.29) is 12.5 Å². The summed E-state index contributed by atoms with van der Waals surface area (Å²) in [5.74, 6) is -2.90. The number of carbonyl (C=O) groups excluding carboxylic acids is 1. The number of halogens is 2. The molecule has 1 amide bonds. The zero-order valence-corrected chi connectivity index (χ0v) is 17.0. The highest BCUT2D eigenvalue weighted by Gasteiger charge is 2.26. The lowest BCUT2D eigenvalue weighted by Crippen LogP contribution is -2.36. The first-order chi connectivity index (χ1) is 12.9. The van der Waals surface area contributed by atoms with Crippen molar-refractivity contribution < 1.29 is 26.7 Å². The van der Waals surface area contributed by atoms with Crippen LogP contribution in [0.15, 0.2) is 53.4 Å². The van der Waals surface area contributed by atoms with Gasteiger partial charge in [-0.1, -0.05) is 32.9 Å². The molecule has 28 heavy (non-hydrogen) atoms. The summed E-state index contributed by atoms with van der Waals surface area (Å²) >= 11 is 0. The van der Waals surface area contributed by atoms with Gasteiger partial charge in [0, 0.05) is 18.2 Å². The molecule has 0 atom stereocenters. The molecule has 0 bridgehead atoms. The third kappa shape index (κ3) is 5.07. The molecule has 0 aliphatic rings. The Hall–Kier alpha value is -2.48. The SMILES string of the molecule is CN(C(=O)C(C)(C)C)c1ccc(OCc2ccc(S(=O)(=O)C(F)F)cc2)cc1. The average Bonchev–Trinajstić information content (AvgIpc) is 2.65. The number of sulfone groups is 1. The molecular formula is C20H23F2NO4S. The van der Waals surface area contributed by atoms with E-state index < -0.39 is 25.9 Å². The van der Waals surface area contributed by atoms with E-state index in [0.29, 0.717) is 11.3 Å². The third-order valence-corrected chi connectivity index (χ3v) is 5.46. The van der Waals surface area contributed by atoms with E-state index in [1.165, 1.54) is 12.1 Å². The quantitative estimate of drug-likeness (QED) is 0.712. The van der Waals surface area contributed by atoms with Gasteiger partial charge in [-0.25, -0.2) is 8.42 Å². The van der Waals surface area contributed by atoms with Gasteiger partial charge in [0.15, 0.2) is 0 Å². The first-order valence-electron chi connectivity index (χ1n) is 8.55. The first kappa shape index (κ1) is 21.8. The van der Waals surface area contributed by atoms with Crippen LogP contribution in [-0.4, -0.2) is 27.1 Å². The summed E-state index contributed by atoms with van der Waals surface area (Å²) in [4.78, 5) is 13.5. The number of benzene rings is 2. The molecule has 0 saturated heterocycles. The molecule has 0 heterocycles. The molecule has 0 N–H and O–H groups in total. The summed E-state index contributed by atoms with van der Waals surface area (Å²) in [6, 6.07) is 12.1. The fourth-order valence-corrected chi connectivity index (χ4v) is 3.15. The zero-order chi connectivity index (χ0) is 21.1. The van der Waals surface area contributed by atoms with E-state index in [0.717, 1.165) is 17.8 Å². The van der Waals surface area contributed by atoms with Crippen molar-refractivity contribution in [2.45, 2.75) is 38.0 Å². The molecule has 2 aromatic carbocycles. The minimum Gasteiger partial charge on any atom is -0.489 e. The number of nitrogens with zero attached hydrogens (tertiary/aromatic N) is 1. The molecule has 0 radical (unpaired) electrons. The maximum Gasteiger partial charge on any atom is 0.341 e. The van der Waals surface area contributed by atoms with Crippen LogP contribution in [0.3, 0.4) is 0 Å². The highest BCUT2D eigenvalue weighted by molar-refractivity contribution is 7.91. The van der Waals surface area contributed by atoms with Crippen molar-refractivity contribution in [3.05, 3.63) is 54.1 Å². The standard InChI is InChI=1S/C20H23F2NO4S/c1-20(2,3)18(24)23(4)15-7-9-16(10-8-15)27-13-14-5-11-17(12-6-14)28(25,26)19(21)22/h5-12,19H,13H2,1-4H3. The Bertz CT molecular complexity index is 918. The highest BCUT2D eigenvalue weighted by Crippen LogP contribution is 2.25. The predicted octanol–water partition coefficient (Wildman–Crippen LogP) is 4.27. The van der Waals surface area contributed by atoms with E-state index in [9.17, 15) is 22.0 Å². The van der Waals surface area contributed by atoms with Crippen molar-refractivity contribution in [2.75, 3.05) is 11.9 Å². The minimum absolute atomic E-state index is 0.0139. The maximum atomic E-state index is 12.5. The second-order valence-corrected chi connectivity index (χ2v) is 9.26. The van der Waals surface area contributed by atoms with Crippen molar-refractivity contribution in [1.82, 2.24) is 0 Å². The molecule has 8 heteroatoms. The van der Waals surface area contributed by atoms with Gasteiger partial charge in [-0.3, -0.25) is 4.79 Å². The summed E-state index contributed by atoms with van der Waals surface area (Å²) in [5.41, 5.74) is 0.875. The Balaban J connectivity index is 2.01. The normalized spacial score (nSPS) is 12.1. The number of anilines is 1. The molecule has 2 aromatic rings. The largest absolute Gasteiger partial charge is 0.489 e. The summed E-state index contributed by atoms with van der Waals surface area (Å²) < 4.78 is 53.5. The van der Waals surface area contributed by atoms with Gasteiger partial charge in [-0.05, 0) is 42.0 Å². The molecule has 2 rings (SSSR count). The lowest BCUT2D eigenvalue weighted by atomic mass is 9.95. The van der Waals surface area contributed by atoms with E-state index in [4.69, 9.17) is 4.74 Å². The van der Waals surface area contributed by atoms with Gasteiger partial charge in [0.1, 0.15) is 12.4 Å². The Morgan fingerprint density at radius 3 is 2.04 bits per heavy atom. The van der Waals surface area contributed by atoms with Crippen molar-refractivity contribution in [2.24, 2.45) is 5.41 Å². The molecule has 0 saturated carbocycles. The number of hydrogen-bond acceptors (Lipinski definition) is 4. The van der Waals surface area contributed by atoms with Crippen LogP contribution in [0.5, 0.6) is 5.75 Å². The summed E-state index contributed by atoms with van der Waals surface area (Å²) in [6.07, 6.45) is 0. The van der Waals surface area contributed by atoms with Crippen molar-refractivity contribution in [3.8, 4) is 5.75 Å². The Morgan fingerprint density at radius 1 is 1.04 bits per heavy atom. The Labute approximate surface area is 163 Å².